The molecule has 0 saturated carbocycles. The van der Waals surface area contributed by atoms with Gasteiger partial charge in [0.05, 0.1) is 0 Å². The van der Waals surface area contributed by atoms with E-state index in [9.17, 15) is 4.79 Å². The molecule has 0 aromatic heterocycles. The van der Waals surface area contributed by atoms with E-state index in [-0.39, 0.29) is 6.04 Å². The number of benzene rings is 1. The van der Waals surface area contributed by atoms with Crippen molar-refractivity contribution in [1.82, 2.24) is 10.9 Å². The molecule has 4 heteroatoms. The van der Waals surface area contributed by atoms with Gasteiger partial charge in [0.1, 0.15) is 6.04 Å². The Hall–Kier alpha value is -1.39. The summed E-state index contributed by atoms with van der Waals surface area (Å²) in [4.78, 5) is 11.0. The van der Waals surface area contributed by atoms with Crippen molar-refractivity contribution in [2.75, 3.05) is 0 Å². The summed E-state index contributed by atoms with van der Waals surface area (Å²) in [6, 6.07) is 9.18. The van der Waals surface area contributed by atoms with Gasteiger partial charge in [0.2, 0.25) is 0 Å². The van der Waals surface area contributed by atoms with Crippen molar-refractivity contribution in [3.63, 3.8) is 0 Å². The second-order valence-corrected chi connectivity index (χ2v) is 4.02. The molecule has 88 valence electrons. The average molecular weight is 222 g/mol. The number of hydrogen-bond donors (Lipinski definition) is 3. The van der Waals surface area contributed by atoms with E-state index in [4.69, 9.17) is 5.11 Å². The molecule has 0 aliphatic carbocycles. The van der Waals surface area contributed by atoms with Gasteiger partial charge in [-0.15, -0.1) is 0 Å². The number of nitrogens with one attached hydrogen (secondary N) is 2. The summed E-state index contributed by atoms with van der Waals surface area (Å²) in [7, 11) is 0. The first-order valence-corrected chi connectivity index (χ1v) is 5.37. The Morgan fingerprint density at radius 1 is 1.25 bits per heavy atom. The van der Waals surface area contributed by atoms with Crippen LogP contribution in [0.5, 0.6) is 0 Å². The van der Waals surface area contributed by atoms with E-state index in [0.29, 0.717) is 6.42 Å². The van der Waals surface area contributed by atoms with Gasteiger partial charge >= 0.3 is 5.97 Å². The quantitative estimate of drug-likeness (QED) is 0.633. The summed E-state index contributed by atoms with van der Waals surface area (Å²) in [6.45, 7) is 3.91. The van der Waals surface area contributed by atoms with Crippen LogP contribution < -0.4 is 10.9 Å². The van der Waals surface area contributed by atoms with Crippen molar-refractivity contribution >= 4 is 5.97 Å². The highest BCUT2D eigenvalue weighted by molar-refractivity contribution is 5.73. The van der Waals surface area contributed by atoms with Crippen LogP contribution in [0, 0.1) is 0 Å². The molecule has 4 nitrogen and oxygen atoms in total. The van der Waals surface area contributed by atoms with Gasteiger partial charge in [0.15, 0.2) is 0 Å². The number of carboxylic acid groups (broad SMARTS) is 1. The van der Waals surface area contributed by atoms with Crippen LogP contribution in [0.2, 0.25) is 0 Å². The molecule has 0 aliphatic heterocycles. The summed E-state index contributed by atoms with van der Waals surface area (Å²) < 4.78 is 0. The fraction of sp³-hybridized carbons (Fsp3) is 0.417. The van der Waals surface area contributed by atoms with Crippen molar-refractivity contribution in [3.05, 3.63) is 35.9 Å². The predicted octanol–water partition coefficient (Wildman–Crippen LogP) is 1.18. The molecule has 1 unspecified atom stereocenters. The van der Waals surface area contributed by atoms with Crippen LogP contribution in [0.25, 0.3) is 0 Å². The van der Waals surface area contributed by atoms with Gasteiger partial charge in [-0.2, -0.15) is 0 Å². The monoisotopic (exact) mass is 222 g/mol. The third kappa shape index (κ3) is 4.42. The SMILES string of the molecule is CC(C)NNC(Cc1ccccc1)C(=O)O. The highest BCUT2D eigenvalue weighted by Crippen LogP contribution is 2.02. The minimum Gasteiger partial charge on any atom is -0.480 e. The standard InChI is InChI=1S/C12H18N2O2/c1-9(2)13-14-11(12(15)16)8-10-6-4-3-5-7-10/h3-7,9,11,13-14H,8H2,1-2H3,(H,15,16). The van der Waals surface area contributed by atoms with Crippen LogP contribution in [0.3, 0.4) is 0 Å². The Balaban J connectivity index is 2.55. The molecule has 0 aliphatic rings. The third-order valence-corrected chi connectivity index (χ3v) is 2.13. The Morgan fingerprint density at radius 2 is 1.88 bits per heavy atom. The first-order valence-electron chi connectivity index (χ1n) is 5.37. The minimum absolute atomic E-state index is 0.206. The summed E-state index contributed by atoms with van der Waals surface area (Å²) in [5.74, 6) is -0.850. The molecule has 0 amide bonds. The molecular weight excluding hydrogens is 204 g/mol. The maximum atomic E-state index is 11.0. The Labute approximate surface area is 95.6 Å². The lowest BCUT2D eigenvalue weighted by atomic mass is 10.1. The first kappa shape index (κ1) is 12.7. The van der Waals surface area contributed by atoms with Crippen LogP contribution in [-0.4, -0.2) is 23.2 Å². The fourth-order valence-corrected chi connectivity index (χ4v) is 1.32. The zero-order chi connectivity index (χ0) is 12.0. The van der Waals surface area contributed by atoms with Crippen LogP contribution >= 0.6 is 0 Å². The first-order chi connectivity index (χ1) is 7.59. The van der Waals surface area contributed by atoms with Gasteiger partial charge < -0.3 is 5.11 Å². The van der Waals surface area contributed by atoms with E-state index in [1.165, 1.54) is 0 Å². The van der Waals surface area contributed by atoms with Crippen molar-refractivity contribution in [2.24, 2.45) is 0 Å². The topological polar surface area (TPSA) is 61.4 Å². The van der Waals surface area contributed by atoms with Gasteiger partial charge in [-0.25, -0.2) is 5.43 Å². The van der Waals surface area contributed by atoms with Crippen LogP contribution in [0.4, 0.5) is 0 Å². The molecule has 1 aromatic rings. The molecule has 3 N–H and O–H groups in total. The Morgan fingerprint density at radius 3 is 2.38 bits per heavy atom. The van der Waals surface area contributed by atoms with E-state index in [1.54, 1.807) is 0 Å². The molecular formula is C12H18N2O2. The zero-order valence-corrected chi connectivity index (χ0v) is 9.60. The molecule has 0 spiro atoms. The Kier molecular flexibility index (Phi) is 4.95. The second-order valence-electron chi connectivity index (χ2n) is 4.02. The lowest BCUT2D eigenvalue weighted by Crippen LogP contribution is -2.49. The minimum atomic E-state index is -0.850. The summed E-state index contributed by atoms with van der Waals surface area (Å²) in [5.41, 5.74) is 6.74. The van der Waals surface area contributed by atoms with E-state index in [2.05, 4.69) is 10.9 Å². The normalized spacial score (nSPS) is 12.7. The highest BCUT2D eigenvalue weighted by atomic mass is 16.4. The summed E-state index contributed by atoms with van der Waals surface area (Å²) in [5, 5.41) is 9.04. The number of carboxylic acids is 1. The van der Waals surface area contributed by atoms with Crippen molar-refractivity contribution in [3.8, 4) is 0 Å². The average Bonchev–Trinajstić information content (AvgIpc) is 2.25. The molecule has 0 saturated heterocycles. The molecule has 0 heterocycles. The third-order valence-electron chi connectivity index (χ3n) is 2.13. The van der Waals surface area contributed by atoms with Gasteiger partial charge in [-0.05, 0) is 25.8 Å². The lowest BCUT2D eigenvalue weighted by molar-refractivity contribution is -0.139. The largest absolute Gasteiger partial charge is 0.480 e. The maximum Gasteiger partial charge on any atom is 0.322 e. The van der Waals surface area contributed by atoms with E-state index in [0.717, 1.165) is 5.56 Å². The molecule has 0 bridgehead atoms. The number of hydrazine groups is 1. The van der Waals surface area contributed by atoms with Crippen LogP contribution in [-0.2, 0) is 11.2 Å². The number of aliphatic carboxylic acids is 1. The number of carbonyl (C=O) groups is 1. The molecule has 0 radical (unpaired) electrons. The Bertz CT molecular complexity index is 325. The van der Waals surface area contributed by atoms with Crippen LogP contribution in [0.1, 0.15) is 19.4 Å². The summed E-state index contributed by atoms with van der Waals surface area (Å²) >= 11 is 0. The van der Waals surface area contributed by atoms with Gasteiger partial charge in [0.25, 0.3) is 0 Å². The zero-order valence-electron chi connectivity index (χ0n) is 9.60. The lowest BCUT2D eigenvalue weighted by Gasteiger charge is -2.17. The van der Waals surface area contributed by atoms with Crippen molar-refractivity contribution < 1.29 is 9.90 Å². The fourth-order valence-electron chi connectivity index (χ4n) is 1.32. The van der Waals surface area contributed by atoms with Gasteiger partial charge in [-0.1, -0.05) is 30.3 Å². The van der Waals surface area contributed by atoms with Gasteiger partial charge in [-0.3, -0.25) is 10.2 Å². The van der Waals surface area contributed by atoms with Crippen LogP contribution in [0.15, 0.2) is 30.3 Å². The number of hydrogen-bond acceptors (Lipinski definition) is 3. The van der Waals surface area contributed by atoms with E-state index in [1.807, 2.05) is 44.2 Å². The number of rotatable bonds is 6. The van der Waals surface area contributed by atoms with Crippen molar-refractivity contribution in [1.29, 1.82) is 0 Å². The highest BCUT2D eigenvalue weighted by Gasteiger charge is 2.17. The van der Waals surface area contributed by atoms with Gasteiger partial charge in [0, 0.05) is 6.04 Å². The smallest absolute Gasteiger partial charge is 0.322 e. The van der Waals surface area contributed by atoms with E-state index >= 15 is 0 Å². The van der Waals surface area contributed by atoms with E-state index < -0.39 is 12.0 Å². The van der Waals surface area contributed by atoms with Crippen molar-refractivity contribution in [2.45, 2.75) is 32.4 Å². The predicted molar refractivity (Wildman–Crippen MR) is 63.0 cm³/mol. The molecule has 1 rings (SSSR count). The molecule has 16 heavy (non-hydrogen) atoms. The second kappa shape index (κ2) is 6.25. The molecule has 1 atom stereocenters. The molecule has 1 aromatic carbocycles. The maximum absolute atomic E-state index is 11.0. The summed E-state index contributed by atoms with van der Waals surface area (Å²) in [6.07, 6.45) is 0.468. The molecule has 0 fully saturated rings.